The Hall–Kier alpha value is -2.82. The lowest BCUT2D eigenvalue weighted by Crippen LogP contribution is -2.42. The smallest absolute Gasteiger partial charge is 0.247 e. The molecule has 24 heavy (non-hydrogen) atoms. The van der Waals surface area contributed by atoms with Crippen LogP contribution in [0.5, 0.6) is 5.75 Å². The van der Waals surface area contributed by atoms with Gasteiger partial charge in [-0.1, -0.05) is 30.3 Å². The molecule has 2 amide bonds. The molecule has 2 aromatic carbocycles. The number of carbonyl (C=O) groups is 2. The topological polar surface area (TPSA) is 49.9 Å². The molecule has 2 aromatic rings. The molecule has 0 saturated carbocycles. The van der Waals surface area contributed by atoms with Crippen LogP contribution in [0.2, 0.25) is 0 Å². The van der Waals surface area contributed by atoms with Gasteiger partial charge in [0.2, 0.25) is 11.8 Å². The van der Waals surface area contributed by atoms with Crippen molar-refractivity contribution in [2.24, 2.45) is 0 Å². The van der Waals surface area contributed by atoms with Crippen LogP contribution < -0.4 is 14.5 Å². The van der Waals surface area contributed by atoms with Gasteiger partial charge in [0.1, 0.15) is 12.3 Å². The molecule has 0 radical (unpaired) electrons. The number of rotatable bonds is 6. The van der Waals surface area contributed by atoms with E-state index in [1.165, 1.54) is 11.8 Å². The van der Waals surface area contributed by atoms with Gasteiger partial charge in [0.05, 0.1) is 12.8 Å². The summed E-state index contributed by atoms with van der Waals surface area (Å²) in [6.07, 6.45) is 0. The summed E-state index contributed by atoms with van der Waals surface area (Å²) in [5, 5.41) is 0. The first kappa shape index (κ1) is 17.5. The number of anilines is 2. The van der Waals surface area contributed by atoms with Crippen LogP contribution in [0.1, 0.15) is 13.8 Å². The second kappa shape index (κ2) is 8.15. The van der Waals surface area contributed by atoms with Crippen molar-refractivity contribution >= 4 is 23.2 Å². The molecule has 0 N–H and O–H groups in total. The molecule has 0 bridgehead atoms. The van der Waals surface area contributed by atoms with E-state index in [0.717, 1.165) is 5.69 Å². The Labute approximate surface area is 142 Å². The number of benzene rings is 2. The number of amides is 2. The number of methoxy groups -OCH3 is 1. The van der Waals surface area contributed by atoms with Crippen LogP contribution in [0.15, 0.2) is 54.6 Å². The minimum atomic E-state index is -0.211. The SMILES string of the molecule is CCN(C(=O)CN(C(C)=O)c1ccccc1OC)c1ccccc1. The molecule has 0 aromatic heterocycles. The standard InChI is InChI=1S/C19H22N2O3/c1-4-20(16-10-6-5-7-11-16)19(23)14-21(15(2)22)17-12-8-9-13-18(17)24-3/h5-13H,4,14H2,1-3H3. The molecule has 0 aliphatic heterocycles. The highest BCUT2D eigenvalue weighted by atomic mass is 16.5. The molecule has 5 heteroatoms. The Morgan fingerprint density at radius 2 is 1.58 bits per heavy atom. The third-order valence-electron chi connectivity index (χ3n) is 3.73. The predicted molar refractivity (Wildman–Crippen MR) is 95.5 cm³/mol. The fraction of sp³-hybridized carbons (Fsp3) is 0.263. The molecule has 0 aliphatic rings. The zero-order valence-corrected chi connectivity index (χ0v) is 14.2. The second-order valence-corrected chi connectivity index (χ2v) is 5.25. The first-order chi connectivity index (χ1) is 11.6. The Balaban J connectivity index is 2.27. The summed E-state index contributed by atoms with van der Waals surface area (Å²) in [4.78, 5) is 27.9. The highest BCUT2D eigenvalue weighted by Gasteiger charge is 2.22. The lowest BCUT2D eigenvalue weighted by atomic mass is 10.2. The van der Waals surface area contributed by atoms with E-state index in [2.05, 4.69) is 0 Å². The largest absolute Gasteiger partial charge is 0.495 e. The van der Waals surface area contributed by atoms with Crippen molar-refractivity contribution in [3.8, 4) is 5.75 Å². The molecule has 0 unspecified atom stereocenters. The van der Waals surface area contributed by atoms with E-state index in [9.17, 15) is 9.59 Å². The molecule has 5 nitrogen and oxygen atoms in total. The van der Waals surface area contributed by atoms with Gasteiger partial charge in [-0.15, -0.1) is 0 Å². The van der Waals surface area contributed by atoms with Gasteiger partial charge in [0.25, 0.3) is 0 Å². The summed E-state index contributed by atoms with van der Waals surface area (Å²) in [5.41, 5.74) is 1.40. The Morgan fingerprint density at radius 3 is 2.17 bits per heavy atom. The van der Waals surface area contributed by atoms with Crippen molar-refractivity contribution in [3.63, 3.8) is 0 Å². The van der Waals surface area contributed by atoms with Gasteiger partial charge in [-0.2, -0.15) is 0 Å². The maximum atomic E-state index is 12.8. The minimum Gasteiger partial charge on any atom is -0.495 e. The second-order valence-electron chi connectivity index (χ2n) is 5.25. The van der Waals surface area contributed by atoms with Crippen LogP contribution in [-0.4, -0.2) is 32.0 Å². The average Bonchev–Trinajstić information content (AvgIpc) is 2.61. The van der Waals surface area contributed by atoms with Crippen LogP contribution in [0.3, 0.4) is 0 Å². The summed E-state index contributed by atoms with van der Waals surface area (Å²) in [6, 6.07) is 16.6. The van der Waals surface area contributed by atoms with Crippen LogP contribution in [0, 0.1) is 0 Å². The van der Waals surface area contributed by atoms with Crippen molar-refractivity contribution in [1.82, 2.24) is 0 Å². The number of likely N-dealkylation sites (N-methyl/N-ethyl adjacent to an activating group) is 1. The van der Waals surface area contributed by atoms with Gasteiger partial charge >= 0.3 is 0 Å². The number of hydrogen-bond acceptors (Lipinski definition) is 3. The van der Waals surface area contributed by atoms with Crippen molar-refractivity contribution in [2.45, 2.75) is 13.8 Å². The number of carbonyl (C=O) groups excluding carboxylic acids is 2. The summed E-state index contributed by atoms with van der Waals surface area (Å²) >= 11 is 0. The lowest BCUT2D eigenvalue weighted by Gasteiger charge is -2.27. The molecular formula is C19H22N2O3. The highest BCUT2D eigenvalue weighted by molar-refractivity contribution is 6.03. The Morgan fingerprint density at radius 1 is 0.958 bits per heavy atom. The number of hydrogen-bond donors (Lipinski definition) is 0. The summed E-state index contributed by atoms with van der Waals surface area (Å²) in [5.74, 6) is 0.199. The fourth-order valence-corrected chi connectivity index (χ4v) is 2.55. The van der Waals surface area contributed by atoms with Gasteiger partial charge in [-0.25, -0.2) is 0 Å². The predicted octanol–water partition coefficient (Wildman–Crippen LogP) is 3.10. The van der Waals surface area contributed by atoms with Gasteiger partial charge in [-0.05, 0) is 31.2 Å². The van der Waals surface area contributed by atoms with E-state index in [1.54, 1.807) is 24.1 Å². The zero-order valence-electron chi connectivity index (χ0n) is 14.2. The molecule has 0 aliphatic carbocycles. The third kappa shape index (κ3) is 3.93. The van der Waals surface area contributed by atoms with Crippen molar-refractivity contribution in [3.05, 3.63) is 54.6 Å². The molecular weight excluding hydrogens is 304 g/mol. The van der Waals surface area contributed by atoms with Gasteiger partial charge in [-0.3, -0.25) is 14.5 Å². The van der Waals surface area contributed by atoms with Crippen molar-refractivity contribution in [1.29, 1.82) is 0 Å². The number of para-hydroxylation sites is 3. The number of ether oxygens (including phenoxy) is 1. The van der Waals surface area contributed by atoms with Crippen LogP contribution >= 0.6 is 0 Å². The minimum absolute atomic E-state index is 0.0432. The summed E-state index contributed by atoms with van der Waals surface area (Å²) in [7, 11) is 1.54. The Bertz CT molecular complexity index is 701. The van der Waals surface area contributed by atoms with Gasteiger partial charge in [0, 0.05) is 19.2 Å². The molecule has 126 valence electrons. The van der Waals surface area contributed by atoms with Crippen molar-refractivity contribution < 1.29 is 14.3 Å². The maximum Gasteiger partial charge on any atom is 0.247 e. The number of nitrogens with zero attached hydrogens (tertiary/aromatic N) is 2. The van der Waals surface area contributed by atoms with Crippen molar-refractivity contribution in [2.75, 3.05) is 30.0 Å². The van der Waals surface area contributed by atoms with Crippen LogP contribution in [0.4, 0.5) is 11.4 Å². The van der Waals surface area contributed by atoms with Crippen LogP contribution in [-0.2, 0) is 9.59 Å². The lowest BCUT2D eigenvalue weighted by molar-refractivity contribution is -0.121. The van der Waals surface area contributed by atoms with E-state index in [4.69, 9.17) is 4.74 Å². The first-order valence-corrected chi connectivity index (χ1v) is 7.85. The molecule has 0 heterocycles. The highest BCUT2D eigenvalue weighted by Crippen LogP contribution is 2.28. The fourth-order valence-electron chi connectivity index (χ4n) is 2.55. The van der Waals surface area contributed by atoms with E-state index in [-0.39, 0.29) is 18.4 Å². The zero-order chi connectivity index (χ0) is 17.5. The first-order valence-electron chi connectivity index (χ1n) is 7.85. The Kier molecular flexibility index (Phi) is 5.95. The molecule has 0 atom stereocenters. The van der Waals surface area contributed by atoms with Gasteiger partial charge < -0.3 is 9.64 Å². The van der Waals surface area contributed by atoms with E-state index in [0.29, 0.717) is 18.0 Å². The van der Waals surface area contributed by atoms with Crippen LogP contribution in [0.25, 0.3) is 0 Å². The average molecular weight is 326 g/mol. The molecule has 2 rings (SSSR count). The van der Waals surface area contributed by atoms with E-state index >= 15 is 0 Å². The monoisotopic (exact) mass is 326 g/mol. The van der Waals surface area contributed by atoms with E-state index in [1.807, 2.05) is 49.4 Å². The maximum absolute atomic E-state index is 12.8. The normalized spacial score (nSPS) is 10.1. The molecule has 0 spiro atoms. The molecule has 0 fully saturated rings. The summed E-state index contributed by atoms with van der Waals surface area (Å²) < 4.78 is 5.31. The quantitative estimate of drug-likeness (QED) is 0.819. The molecule has 0 saturated heterocycles. The third-order valence-corrected chi connectivity index (χ3v) is 3.73. The van der Waals surface area contributed by atoms with Gasteiger partial charge in [0.15, 0.2) is 0 Å². The van der Waals surface area contributed by atoms with E-state index < -0.39 is 0 Å². The summed E-state index contributed by atoms with van der Waals surface area (Å²) in [6.45, 7) is 3.84.